The molecule has 0 spiro atoms. The minimum atomic E-state index is 0.498. The first-order chi connectivity index (χ1) is 12.4. The molecule has 0 radical (unpaired) electrons. The van der Waals surface area contributed by atoms with E-state index in [0.717, 1.165) is 28.3 Å². The third-order valence-corrected chi connectivity index (χ3v) is 4.06. The molecule has 0 bridgehead atoms. The molecule has 1 heterocycles. The van der Waals surface area contributed by atoms with E-state index in [-0.39, 0.29) is 0 Å². The Morgan fingerprint density at radius 2 is 1.31 bits per heavy atom. The van der Waals surface area contributed by atoms with Crippen molar-refractivity contribution in [3.8, 4) is 5.75 Å². The Morgan fingerprint density at radius 3 is 1.85 bits per heavy atom. The number of hydrogen-bond acceptors (Lipinski definition) is 6. The van der Waals surface area contributed by atoms with Gasteiger partial charge in [-0.3, -0.25) is 0 Å². The van der Waals surface area contributed by atoms with Crippen molar-refractivity contribution in [1.29, 1.82) is 0 Å². The molecule has 0 atom stereocenters. The zero-order valence-electron chi connectivity index (χ0n) is 15.7. The van der Waals surface area contributed by atoms with Gasteiger partial charge < -0.3 is 15.4 Å². The van der Waals surface area contributed by atoms with E-state index in [0.29, 0.717) is 17.7 Å². The van der Waals surface area contributed by atoms with Gasteiger partial charge in [0.2, 0.25) is 11.9 Å². The van der Waals surface area contributed by atoms with Crippen molar-refractivity contribution in [3.05, 3.63) is 58.9 Å². The van der Waals surface area contributed by atoms with Gasteiger partial charge >= 0.3 is 0 Å². The predicted octanol–water partition coefficient (Wildman–Crippen LogP) is 4.60. The molecule has 0 amide bonds. The fraction of sp³-hybridized carbons (Fsp3) is 0.250. The molecule has 2 aromatic carbocycles. The highest BCUT2D eigenvalue weighted by atomic mass is 16.5. The van der Waals surface area contributed by atoms with Gasteiger partial charge in [0.1, 0.15) is 11.6 Å². The molecular weight excluding hydrogens is 326 g/mol. The molecule has 6 heteroatoms. The Hall–Kier alpha value is -3.15. The smallest absolute Gasteiger partial charge is 0.232 e. The summed E-state index contributed by atoms with van der Waals surface area (Å²) in [5.41, 5.74) is 5.31. The van der Waals surface area contributed by atoms with Crippen LogP contribution in [0.5, 0.6) is 5.75 Å². The van der Waals surface area contributed by atoms with E-state index in [1.165, 1.54) is 5.56 Å². The number of anilines is 4. The molecule has 3 aromatic rings. The lowest BCUT2D eigenvalue weighted by molar-refractivity contribution is 0.414. The van der Waals surface area contributed by atoms with Crippen LogP contribution in [0.1, 0.15) is 22.5 Å². The zero-order valence-corrected chi connectivity index (χ0v) is 15.7. The number of ether oxygens (including phenoxy) is 1. The normalized spacial score (nSPS) is 10.5. The van der Waals surface area contributed by atoms with Crippen molar-refractivity contribution < 1.29 is 4.74 Å². The van der Waals surface area contributed by atoms with Crippen molar-refractivity contribution in [3.63, 3.8) is 0 Å². The molecule has 0 aliphatic rings. The van der Waals surface area contributed by atoms with Gasteiger partial charge in [0.25, 0.3) is 0 Å². The van der Waals surface area contributed by atoms with Gasteiger partial charge in [-0.2, -0.15) is 15.0 Å². The molecule has 26 heavy (non-hydrogen) atoms. The van der Waals surface area contributed by atoms with Gasteiger partial charge in [0.05, 0.1) is 7.11 Å². The molecule has 0 aliphatic heterocycles. The molecule has 2 N–H and O–H groups in total. The Labute approximate surface area is 153 Å². The molecule has 0 aliphatic carbocycles. The van der Waals surface area contributed by atoms with Crippen LogP contribution in [0.4, 0.5) is 23.3 Å². The lowest BCUT2D eigenvalue weighted by Gasteiger charge is -2.12. The number of nitrogens with zero attached hydrogens (tertiary/aromatic N) is 3. The first-order valence-corrected chi connectivity index (χ1v) is 8.43. The minimum absolute atomic E-state index is 0.498. The summed E-state index contributed by atoms with van der Waals surface area (Å²) in [5.74, 6) is 2.47. The summed E-state index contributed by atoms with van der Waals surface area (Å²) >= 11 is 0. The van der Waals surface area contributed by atoms with E-state index in [2.05, 4.69) is 51.6 Å². The van der Waals surface area contributed by atoms with Crippen LogP contribution in [0, 0.1) is 27.7 Å². The SMILES string of the molecule is COc1ccc(Nc2nc(C)nc(Nc3ccc(C)cc3C)n2)c(C)c1. The summed E-state index contributed by atoms with van der Waals surface area (Å²) in [6.45, 7) is 7.99. The molecule has 0 unspecified atom stereocenters. The van der Waals surface area contributed by atoms with E-state index in [1.807, 2.05) is 38.1 Å². The topological polar surface area (TPSA) is 72.0 Å². The number of aromatic nitrogens is 3. The van der Waals surface area contributed by atoms with E-state index >= 15 is 0 Å². The molecular formula is C20H23N5O. The summed E-state index contributed by atoms with van der Waals surface area (Å²) in [5, 5.41) is 6.53. The number of aryl methyl sites for hydroxylation is 4. The monoisotopic (exact) mass is 349 g/mol. The second-order valence-corrected chi connectivity index (χ2v) is 6.28. The third-order valence-electron chi connectivity index (χ3n) is 4.06. The number of rotatable bonds is 5. The first kappa shape index (κ1) is 17.7. The predicted molar refractivity (Wildman–Crippen MR) is 105 cm³/mol. The zero-order chi connectivity index (χ0) is 18.7. The Bertz CT molecular complexity index is 939. The average molecular weight is 349 g/mol. The minimum Gasteiger partial charge on any atom is -0.497 e. The maximum Gasteiger partial charge on any atom is 0.232 e. The van der Waals surface area contributed by atoms with Crippen molar-refractivity contribution in [2.24, 2.45) is 0 Å². The summed E-state index contributed by atoms with van der Waals surface area (Å²) in [6, 6.07) is 12.0. The van der Waals surface area contributed by atoms with Crippen LogP contribution in [0.25, 0.3) is 0 Å². The summed E-state index contributed by atoms with van der Waals surface area (Å²) in [6.07, 6.45) is 0. The van der Waals surface area contributed by atoms with Gasteiger partial charge in [0, 0.05) is 11.4 Å². The maximum absolute atomic E-state index is 5.25. The van der Waals surface area contributed by atoms with E-state index in [9.17, 15) is 0 Å². The maximum atomic E-state index is 5.25. The van der Waals surface area contributed by atoms with Crippen molar-refractivity contribution >= 4 is 23.3 Å². The highest BCUT2D eigenvalue weighted by Gasteiger charge is 2.08. The van der Waals surface area contributed by atoms with Gasteiger partial charge in [0.15, 0.2) is 0 Å². The standard InChI is InChI=1S/C20H23N5O/c1-12-6-8-17(13(2)10-12)23-19-21-15(4)22-20(25-19)24-18-9-7-16(26-5)11-14(18)3/h6-11H,1-5H3,(H2,21,22,23,24,25). The van der Waals surface area contributed by atoms with Crippen LogP contribution >= 0.6 is 0 Å². The molecule has 0 saturated carbocycles. The molecule has 0 fully saturated rings. The van der Waals surface area contributed by atoms with Crippen molar-refractivity contribution in [2.75, 3.05) is 17.7 Å². The van der Waals surface area contributed by atoms with Crippen LogP contribution in [0.15, 0.2) is 36.4 Å². The van der Waals surface area contributed by atoms with Crippen molar-refractivity contribution in [1.82, 2.24) is 15.0 Å². The number of hydrogen-bond donors (Lipinski definition) is 2. The molecule has 134 valence electrons. The summed E-state index contributed by atoms with van der Waals surface area (Å²) < 4.78 is 5.25. The third kappa shape index (κ3) is 4.08. The quantitative estimate of drug-likeness (QED) is 0.701. The number of benzene rings is 2. The molecule has 3 rings (SSSR count). The lowest BCUT2D eigenvalue weighted by Crippen LogP contribution is -2.06. The Morgan fingerprint density at radius 1 is 0.731 bits per heavy atom. The van der Waals surface area contributed by atoms with Gasteiger partial charge in [-0.25, -0.2) is 0 Å². The van der Waals surface area contributed by atoms with Gasteiger partial charge in [-0.05, 0) is 63.1 Å². The lowest BCUT2D eigenvalue weighted by atomic mass is 10.1. The van der Waals surface area contributed by atoms with Crippen LogP contribution < -0.4 is 15.4 Å². The van der Waals surface area contributed by atoms with Gasteiger partial charge in [-0.1, -0.05) is 17.7 Å². The number of nitrogens with one attached hydrogen (secondary N) is 2. The summed E-state index contributed by atoms with van der Waals surface area (Å²) in [4.78, 5) is 13.3. The molecule has 0 saturated heterocycles. The summed E-state index contributed by atoms with van der Waals surface area (Å²) in [7, 11) is 1.65. The van der Waals surface area contributed by atoms with E-state index in [1.54, 1.807) is 7.11 Å². The van der Waals surface area contributed by atoms with Crippen LogP contribution in [0.3, 0.4) is 0 Å². The molecule has 6 nitrogen and oxygen atoms in total. The van der Waals surface area contributed by atoms with Crippen LogP contribution in [0.2, 0.25) is 0 Å². The van der Waals surface area contributed by atoms with Gasteiger partial charge in [-0.15, -0.1) is 0 Å². The van der Waals surface area contributed by atoms with Crippen LogP contribution in [-0.2, 0) is 0 Å². The number of methoxy groups -OCH3 is 1. The van der Waals surface area contributed by atoms with E-state index in [4.69, 9.17) is 4.74 Å². The fourth-order valence-corrected chi connectivity index (χ4v) is 2.69. The molecule has 1 aromatic heterocycles. The average Bonchev–Trinajstić information content (AvgIpc) is 2.59. The highest BCUT2D eigenvalue weighted by Crippen LogP contribution is 2.24. The van der Waals surface area contributed by atoms with Crippen LogP contribution in [-0.4, -0.2) is 22.1 Å². The largest absolute Gasteiger partial charge is 0.497 e. The van der Waals surface area contributed by atoms with Crippen molar-refractivity contribution in [2.45, 2.75) is 27.7 Å². The fourth-order valence-electron chi connectivity index (χ4n) is 2.69. The van der Waals surface area contributed by atoms with E-state index < -0.39 is 0 Å². The Balaban J connectivity index is 1.85. The second kappa shape index (κ2) is 7.39. The first-order valence-electron chi connectivity index (χ1n) is 8.43. The Kier molecular flexibility index (Phi) is 5.02. The second-order valence-electron chi connectivity index (χ2n) is 6.28. The highest BCUT2D eigenvalue weighted by molar-refractivity contribution is 5.62.